The third-order valence-corrected chi connectivity index (χ3v) is 3.85. The number of sulfonamides is 1. The second kappa shape index (κ2) is 5.10. The predicted octanol–water partition coefficient (Wildman–Crippen LogP) is 2.11. The lowest BCUT2D eigenvalue weighted by molar-refractivity contribution is 0.597. The molecule has 0 saturated heterocycles. The van der Waals surface area contributed by atoms with Crippen LogP contribution in [-0.4, -0.2) is 8.42 Å². The standard InChI is InChI=1S/C13H14FN3O2S/c1-8-12(17-11-4-2-9(14)3-5-11)6-10(15)7-13(8)20(16,18)19/h2-7,17H,15H2,1H3,(H2,16,18,19). The molecule has 0 unspecified atom stereocenters. The van der Waals surface area contributed by atoms with E-state index in [4.69, 9.17) is 10.9 Å². The highest BCUT2D eigenvalue weighted by atomic mass is 32.2. The molecule has 5 nitrogen and oxygen atoms in total. The Morgan fingerprint density at radius 2 is 1.75 bits per heavy atom. The van der Waals surface area contributed by atoms with Gasteiger partial charge in [-0.1, -0.05) is 0 Å². The second-order valence-corrected chi connectivity index (χ2v) is 5.90. The Morgan fingerprint density at radius 1 is 1.15 bits per heavy atom. The molecule has 2 aromatic rings. The molecular formula is C13H14FN3O2S. The topological polar surface area (TPSA) is 98.2 Å². The molecule has 0 fully saturated rings. The van der Waals surface area contributed by atoms with Gasteiger partial charge in [-0.15, -0.1) is 0 Å². The Hall–Kier alpha value is -2.12. The van der Waals surface area contributed by atoms with E-state index in [1.807, 2.05) is 0 Å². The summed E-state index contributed by atoms with van der Waals surface area (Å²) in [4.78, 5) is -0.0397. The molecule has 0 bridgehead atoms. The summed E-state index contributed by atoms with van der Waals surface area (Å²) in [7, 11) is -3.86. The Morgan fingerprint density at radius 3 is 2.30 bits per heavy atom. The molecule has 5 N–H and O–H groups in total. The van der Waals surface area contributed by atoms with Crippen LogP contribution in [0, 0.1) is 12.7 Å². The van der Waals surface area contributed by atoms with Gasteiger partial charge in [-0.3, -0.25) is 0 Å². The first kappa shape index (κ1) is 14.3. The maximum absolute atomic E-state index is 12.8. The summed E-state index contributed by atoms with van der Waals surface area (Å²) in [5.74, 6) is -0.356. The molecule has 0 aliphatic carbocycles. The van der Waals surface area contributed by atoms with Gasteiger partial charge in [-0.2, -0.15) is 0 Å². The van der Waals surface area contributed by atoms with E-state index in [-0.39, 0.29) is 16.4 Å². The van der Waals surface area contributed by atoms with E-state index in [0.717, 1.165) is 0 Å². The van der Waals surface area contributed by atoms with Crippen molar-refractivity contribution in [1.29, 1.82) is 0 Å². The van der Waals surface area contributed by atoms with Gasteiger partial charge < -0.3 is 11.1 Å². The molecule has 2 rings (SSSR count). The molecule has 20 heavy (non-hydrogen) atoms. The fourth-order valence-electron chi connectivity index (χ4n) is 1.82. The highest BCUT2D eigenvalue weighted by Crippen LogP contribution is 2.28. The lowest BCUT2D eigenvalue weighted by atomic mass is 10.1. The Labute approximate surface area is 116 Å². The molecule has 0 atom stereocenters. The number of hydrogen-bond donors (Lipinski definition) is 3. The number of nitrogens with one attached hydrogen (secondary N) is 1. The molecule has 7 heteroatoms. The monoisotopic (exact) mass is 295 g/mol. The van der Waals surface area contributed by atoms with Crippen molar-refractivity contribution in [1.82, 2.24) is 0 Å². The van der Waals surface area contributed by atoms with Crippen molar-refractivity contribution in [3.63, 3.8) is 0 Å². The fraction of sp³-hybridized carbons (Fsp3) is 0.0769. The summed E-state index contributed by atoms with van der Waals surface area (Å²) < 4.78 is 35.8. The van der Waals surface area contributed by atoms with Crippen molar-refractivity contribution >= 4 is 27.1 Å². The van der Waals surface area contributed by atoms with Crippen LogP contribution in [0.15, 0.2) is 41.3 Å². The highest BCUT2D eigenvalue weighted by molar-refractivity contribution is 7.89. The van der Waals surface area contributed by atoms with E-state index in [1.54, 1.807) is 13.0 Å². The normalized spacial score (nSPS) is 11.3. The van der Waals surface area contributed by atoms with Crippen LogP contribution in [0.1, 0.15) is 5.56 Å². The van der Waals surface area contributed by atoms with Gasteiger partial charge in [0.05, 0.1) is 4.90 Å². The third-order valence-electron chi connectivity index (χ3n) is 2.81. The summed E-state index contributed by atoms with van der Waals surface area (Å²) in [6.07, 6.45) is 0. The van der Waals surface area contributed by atoms with Gasteiger partial charge in [0.15, 0.2) is 0 Å². The van der Waals surface area contributed by atoms with E-state index in [0.29, 0.717) is 16.9 Å². The number of benzene rings is 2. The zero-order valence-electron chi connectivity index (χ0n) is 10.7. The van der Waals surface area contributed by atoms with Crippen LogP contribution in [0.25, 0.3) is 0 Å². The van der Waals surface area contributed by atoms with Crippen LogP contribution in [0.2, 0.25) is 0 Å². The highest BCUT2D eigenvalue weighted by Gasteiger charge is 2.15. The molecule has 0 aliphatic rings. The van der Waals surface area contributed by atoms with Crippen molar-refractivity contribution < 1.29 is 12.8 Å². The maximum Gasteiger partial charge on any atom is 0.238 e. The van der Waals surface area contributed by atoms with Crippen LogP contribution in [0.5, 0.6) is 0 Å². The number of hydrogen-bond acceptors (Lipinski definition) is 4. The van der Waals surface area contributed by atoms with Gasteiger partial charge in [0.25, 0.3) is 0 Å². The predicted molar refractivity (Wildman–Crippen MR) is 76.6 cm³/mol. The number of nitrogens with two attached hydrogens (primary N) is 2. The van der Waals surface area contributed by atoms with E-state index < -0.39 is 10.0 Å². The third kappa shape index (κ3) is 3.06. The second-order valence-electron chi connectivity index (χ2n) is 4.37. The van der Waals surface area contributed by atoms with Gasteiger partial charge in [0.1, 0.15) is 5.82 Å². The van der Waals surface area contributed by atoms with Gasteiger partial charge >= 0.3 is 0 Å². The van der Waals surface area contributed by atoms with E-state index in [2.05, 4.69) is 5.32 Å². The summed E-state index contributed by atoms with van der Waals surface area (Å²) in [6.45, 7) is 1.62. The molecule has 0 spiro atoms. The number of primary sulfonamides is 1. The first-order chi connectivity index (χ1) is 9.27. The van der Waals surface area contributed by atoms with Crippen molar-refractivity contribution in [3.8, 4) is 0 Å². The van der Waals surface area contributed by atoms with Gasteiger partial charge in [-0.05, 0) is 48.9 Å². The van der Waals surface area contributed by atoms with Crippen molar-refractivity contribution in [2.45, 2.75) is 11.8 Å². The van der Waals surface area contributed by atoms with Crippen LogP contribution >= 0.6 is 0 Å². The average molecular weight is 295 g/mol. The zero-order chi connectivity index (χ0) is 14.9. The molecule has 0 saturated carbocycles. The molecule has 0 amide bonds. The molecular weight excluding hydrogens is 281 g/mol. The lowest BCUT2D eigenvalue weighted by Gasteiger charge is -2.13. The molecule has 0 aliphatic heterocycles. The first-order valence-corrected chi connectivity index (χ1v) is 7.27. The lowest BCUT2D eigenvalue weighted by Crippen LogP contribution is -2.15. The average Bonchev–Trinajstić information content (AvgIpc) is 2.35. The fourth-order valence-corrected chi connectivity index (χ4v) is 2.66. The van der Waals surface area contributed by atoms with E-state index in [1.165, 1.54) is 30.3 Å². The Balaban J connectivity index is 2.47. The van der Waals surface area contributed by atoms with E-state index >= 15 is 0 Å². The first-order valence-electron chi connectivity index (χ1n) is 5.73. The quantitative estimate of drug-likeness (QED) is 0.755. The molecule has 106 valence electrons. The van der Waals surface area contributed by atoms with Crippen LogP contribution in [-0.2, 0) is 10.0 Å². The minimum absolute atomic E-state index is 0.0397. The number of anilines is 3. The van der Waals surface area contributed by atoms with Gasteiger partial charge in [-0.25, -0.2) is 17.9 Å². The Kier molecular flexibility index (Phi) is 3.65. The largest absolute Gasteiger partial charge is 0.399 e. The number of halogens is 1. The molecule has 0 radical (unpaired) electrons. The maximum atomic E-state index is 12.8. The summed E-state index contributed by atoms with van der Waals surface area (Å²) in [5.41, 5.74) is 7.51. The number of rotatable bonds is 3. The van der Waals surface area contributed by atoms with E-state index in [9.17, 15) is 12.8 Å². The SMILES string of the molecule is Cc1c(Nc2ccc(F)cc2)cc(N)cc1S(N)(=O)=O. The van der Waals surface area contributed by atoms with Crippen molar-refractivity contribution in [2.24, 2.45) is 5.14 Å². The summed E-state index contributed by atoms with van der Waals surface area (Å²) >= 11 is 0. The molecule has 2 aromatic carbocycles. The number of nitrogen functional groups attached to an aromatic ring is 1. The van der Waals surface area contributed by atoms with Crippen molar-refractivity contribution in [2.75, 3.05) is 11.1 Å². The van der Waals surface area contributed by atoms with Crippen LogP contribution in [0.3, 0.4) is 0 Å². The van der Waals surface area contributed by atoms with Gasteiger partial charge in [0.2, 0.25) is 10.0 Å². The van der Waals surface area contributed by atoms with Crippen molar-refractivity contribution in [3.05, 3.63) is 47.8 Å². The zero-order valence-corrected chi connectivity index (χ0v) is 11.5. The van der Waals surface area contributed by atoms with Crippen LogP contribution in [0.4, 0.5) is 21.5 Å². The smallest absolute Gasteiger partial charge is 0.238 e. The summed E-state index contributed by atoms with van der Waals surface area (Å²) in [6, 6.07) is 8.56. The summed E-state index contributed by atoms with van der Waals surface area (Å²) in [5, 5.41) is 8.13. The van der Waals surface area contributed by atoms with Crippen LogP contribution < -0.4 is 16.2 Å². The molecule has 0 aromatic heterocycles. The minimum Gasteiger partial charge on any atom is -0.399 e. The molecule has 0 heterocycles. The van der Waals surface area contributed by atoms with Gasteiger partial charge in [0, 0.05) is 17.1 Å². The minimum atomic E-state index is -3.86. The Bertz CT molecular complexity index is 743.